The van der Waals surface area contributed by atoms with E-state index in [0.29, 0.717) is 22.7 Å². The highest BCUT2D eigenvalue weighted by molar-refractivity contribution is 6.33. The van der Waals surface area contributed by atoms with Crippen LogP contribution in [0.5, 0.6) is 0 Å². The summed E-state index contributed by atoms with van der Waals surface area (Å²) in [5.41, 5.74) is 0.00601. The van der Waals surface area contributed by atoms with Crippen molar-refractivity contribution < 1.29 is 18.0 Å². The molecule has 148 valence electrons. The lowest BCUT2D eigenvalue weighted by molar-refractivity contribution is -0.137. The summed E-state index contributed by atoms with van der Waals surface area (Å²) >= 11 is 5.87. The zero-order valence-corrected chi connectivity index (χ0v) is 15.8. The smallest absolute Gasteiger partial charge is 0.323 e. The molecule has 0 aliphatic rings. The molecule has 0 bridgehead atoms. The van der Waals surface area contributed by atoms with Gasteiger partial charge in [-0.1, -0.05) is 11.6 Å². The molecule has 0 atom stereocenters. The van der Waals surface area contributed by atoms with Crippen molar-refractivity contribution in [2.45, 2.75) is 33.5 Å². The fourth-order valence-electron chi connectivity index (χ4n) is 2.71. The summed E-state index contributed by atoms with van der Waals surface area (Å²) in [6.45, 7) is 4.66. The number of aryl methyl sites for hydroxylation is 3. The van der Waals surface area contributed by atoms with Crippen molar-refractivity contribution in [1.82, 2.24) is 19.2 Å². The van der Waals surface area contributed by atoms with Crippen LogP contribution in [0.3, 0.4) is 0 Å². The van der Waals surface area contributed by atoms with Crippen LogP contribution in [0.2, 0.25) is 5.02 Å². The van der Waals surface area contributed by atoms with Crippen LogP contribution in [0.1, 0.15) is 22.6 Å². The highest BCUT2D eigenvalue weighted by Gasteiger charge is 2.31. The molecule has 0 fully saturated rings. The van der Waals surface area contributed by atoms with E-state index in [1.54, 1.807) is 20.8 Å². The first-order valence-electron chi connectivity index (χ1n) is 8.09. The van der Waals surface area contributed by atoms with Gasteiger partial charge >= 0.3 is 11.9 Å². The van der Waals surface area contributed by atoms with Gasteiger partial charge in [-0.2, -0.15) is 13.2 Å². The lowest BCUT2D eigenvalue weighted by Gasteiger charge is -2.11. The average Bonchev–Trinajstić information content (AvgIpc) is 2.91. The predicted molar refractivity (Wildman–Crippen MR) is 96.5 cm³/mol. The Kier molecular flexibility index (Phi) is 4.92. The lowest BCUT2D eigenvalue weighted by Crippen LogP contribution is -2.29. The van der Waals surface area contributed by atoms with Crippen molar-refractivity contribution in [3.63, 3.8) is 0 Å². The van der Waals surface area contributed by atoms with Crippen molar-refractivity contribution in [2.75, 3.05) is 5.32 Å². The van der Waals surface area contributed by atoms with E-state index in [1.807, 2.05) is 0 Å². The van der Waals surface area contributed by atoms with Crippen molar-refractivity contribution in [2.24, 2.45) is 0 Å². The van der Waals surface area contributed by atoms with Gasteiger partial charge in [0.2, 0.25) is 5.91 Å². The third kappa shape index (κ3) is 3.59. The van der Waals surface area contributed by atoms with Crippen LogP contribution in [0.25, 0.3) is 5.65 Å². The van der Waals surface area contributed by atoms with E-state index in [9.17, 15) is 22.8 Å². The molecule has 1 N–H and O–H groups in total. The van der Waals surface area contributed by atoms with Crippen LogP contribution in [0.4, 0.5) is 18.9 Å². The number of amides is 1. The number of carbonyl (C=O) groups is 1. The number of benzene rings is 1. The van der Waals surface area contributed by atoms with Crippen LogP contribution in [-0.2, 0) is 17.5 Å². The summed E-state index contributed by atoms with van der Waals surface area (Å²) in [5, 5.41) is 6.38. The van der Waals surface area contributed by atoms with Crippen molar-refractivity contribution in [3.05, 3.63) is 56.4 Å². The van der Waals surface area contributed by atoms with Gasteiger partial charge in [-0.05, 0) is 39.0 Å². The van der Waals surface area contributed by atoms with Crippen molar-refractivity contribution >= 4 is 28.8 Å². The molecule has 11 heteroatoms. The molecule has 3 rings (SSSR count). The summed E-state index contributed by atoms with van der Waals surface area (Å²) in [6.07, 6.45) is -4.58. The van der Waals surface area contributed by atoms with Gasteiger partial charge in [0.25, 0.3) is 0 Å². The number of hydrogen-bond donors (Lipinski definition) is 1. The molecule has 0 aliphatic carbocycles. The largest absolute Gasteiger partial charge is 0.416 e. The molecule has 28 heavy (non-hydrogen) atoms. The standard InChI is InChI=1S/C17H15ClF3N5O2/c1-8-9(2)22-10(3)26-15(8)24-25(16(26)28)7-14(27)23-13-6-11(17(19,20)21)4-5-12(13)18/h4-6H,7H2,1-3H3,(H,23,27). The highest BCUT2D eigenvalue weighted by Crippen LogP contribution is 2.33. The van der Waals surface area contributed by atoms with Crippen LogP contribution in [0.15, 0.2) is 23.0 Å². The highest BCUT2D eigenvalue weighted by atomic mass is 35.5. The van der Waals surface area contributed by atoms with E-state index < -0.39 is 29.9 Å². The maximum atomic E-state index is 12.8. The minimum absolute atomic E-state index is 0.0600. The van der Waals surface area contributed by atoms with Gasteiger partial charge < -0.3 is 5.32 Å². The van der Waals surface area contributed by atoms with Gasteiger partial charge in [0.05, 0.1) is 16.3 Å². The van der Waals surface area contributed by atoms with Crippen LogP contribution < -0.4 is 11.0 Å². The molecule has 2 heterocycles. The number of anilines is 1. The SMILES string of the molecule is Cc1nc(C)n2c(=O)n(CC(=O)Nc3cc(C(F)(F)F)ccc3Cl)nc2c1C. The minimum Gasteiger partial charge on any atom is -0.323 e. The molecule has 0 aliphatic heterocycles. The monoisotopic (exact) mass is 413 g/mol. The molecule has 1 amide bonds. The van der Waals surface area contributed by atoms with Crippen molar-refractivity contribution in [1.29, 1.82) is 0 Å². The number of nitrogens with one attached hydrogen (secondary N) is 1. The Bertz CT molecular complexity index is 1150. The summed E-state index contributed by atoms with van der Waals surface area (Å²) in [7, 11) is 0. The molecule has 0 saturated carbocycles. The molecule has 3 aromatic rings. The molecular formula is C17H15ClF3N5O2. The third-order valence-electron chi connectivity index (χ3n) is 4.23. The first-order chi connectivity index (χ1) is 13.0. The van der Waals surface area contributed by atoms with Gasteiger partial charge in [-0.15, -0.1) is 5.10 Å². The number of fused-ring (bicyclic) bond motifs is 1. The Balaban J connectivity index is 1.91. The van der Waals surface area contributed by atoms with E-state index in [-0.39, 0.29) is 10.7 Å². The summed E-state index contributed by atoms with van der Waals surface area (Å²) in [6, 6.07) is 2.58. The Morgan fingerprint density at radius 1 is 1.25 bits per heavy atom. The number of aromatic nitrogens is 4. The normalized spacial score (nSPS) is 11.8. The first-order valence-corrected chi connectivity index (χ1v) is 8.47. The van der Waals surface area contributed by atoms with Gasteiger partial charge in [-0.25, -0.2) is 18.9 Å². The van der Waals surface area contributed by atoms with E-state index in [2.05, 4.69) is 15.4 Å². The fourth-order valence-corrected chi connectivity index (χ4v) is 2.87. The number of rotatable bonds is 3. The maximum Gasteiger partial charge on any atom is 0.416 e. The molecule has 0 unspecified atom stereocenters. The molecule has 0 saturated heterocycles. The second-order valence-corrected chi connectivity index (χ2v) is 6.62. The second kappa shape index (κ2) is 6.93. The Labute approximate surface area is 161 Å². The van der Waals surface area contributed by atoms with Crippen LogP contribution in [-0.4, -0.2) is 25.1 Å². The van der Waals surface area contributed by atoms with Gasteiger partial charge in [0, 0.05) is 11.3 Å². The number of nitrogens with zero attached hydrogens (tertiary/aromatic N) is 4. The molecule has 2 aromatic heterocycles. The number of hydrogen-bond acceptors (Lipinski definition) is 4. The zero-order valence-electron chi connectivity index (χ0n) is 15.1. The molecule has 7 nitrogen and oxygen atoms in total. The summed E-state index contributed by atoms with van der Waals surface area (Å²) in [4.78, 5) is 29.1. The van der Waals surface area contributed by atoms with E-state index in [1.165, 1.54) is 4.40 Å². The second-order valence-electron chi connectivity index (χ2n) is 6.21. The molecule has 0 spiro atoms. The number of alkyl halides is 3. The van der Waals surface area contributed by atoms with Crippen LogP contribution >= 0.6 is 11.6 Å². The Hall–Kier alpha value is -2.88. The van der Waals surface area contributed by atoms with E-state index in [0.717, 1.165) is 22.9 Å². The maximum absolute atomic E-state index is 12.8. The summed E-state index contributed by atoms with van der Waals surface area (Å²) in [5.74, 6) is -0.331. The van der Waals surface area contributed by atoms with Gasteiger partial charge in [-0.3, -0.25) is 4.79 Å². The summed E-state index contributed by atoms with van der Waals surface area (Å²) < 4.78 is 40.7. The average molecular weight is 414 g/mol. The minimum atomic E-state index is -4.58. The quantitative estimate of drug-likeness (QED) is 0.715. The lowest BCUT2D eigenvalue weighted by atomic mass is 10.2. The number of halogens is 4. The predicted octanol–water partition coefficient (Wildman–Crippen LogP) is 3.13. The first kappa shape index (κ1) is 19.9. The van der Waals surface area contributed by atoms with E-state index >= 15 is 0 Å². The molecular weight excluding hydrogens is 399 g/mol. The van der Waals surface area contributed by atoms with E-state index in [4.69, 9.17) is 11.6 Å². The topological polar surface area (TPSA) is 81.3 Å². The van der Waals surface area contributed by atoms with Gasteiger partial charge in [0.15, 0.2) is 5.65 Å². The fraction of sp³-hybridized carbons (Fsp3) is 0.294. The van der Waals surface area contributed by atoms with Crippen molar-refractivity contribution in [3.8, 4) is 0 Å². The molecule has 0 radical (unpaired) electrons. The third-order valence-corrected chi connectivity index (χ3v) is 4.56. The van der Waals surface area contributed by atoms with Gasteiger partial charge in [0.1, 0.15) is 12.4 Å². The zero-order chi connectivity index (χ0) is 20.8. The van der Waals surface area contributed by atoms with Crippen LogP contribution in [0, 0.1) is 20.8 Å². The Morgan fingerprint density at radius 2 is 1.93 bits per heavy atom. The number of carbonyl (C=O) groups excluding carboxylic acids is 1. The Morgan fingerprint density at radius 3 is 2.57 bits per heavy atom. The molecule has 1 aromatic carbocycles.